The van der Waals surface area contributed by atoms with E-state index < -0.39 is 0 Å². The summed E-state index contributed by atoms with van der Waals surface area (Å²) in [5, 5.41) is 3.28. The quantitative estimate of drug-likeness (QED) is 0.785. The van der Waals surface area contributed by atoms with Gasteiger partial charge in [-0.3, -0.25) is 0 Å². The molecule has 2 aromatic rings. The van der Waals surface area contributed by atoms with Crippen molar-refractivity contribution < 1.29 is 9.15 Å². The van der Waals surface area contributed by atoms with Crippen LogP contribution >= 0.6 is 0 Å². The Kier molecular flexibility index (Phi) is 5.15. The molecule has 20 heavy (non-hydrogen) atoms. The normalized spacial score (nSPS) is 10.8. The summed E-state index contributed by atoms with van der Waals surface area (Å²) < 4.78 is 10.5. The van der Waals surface area contributed by atoms with E-state index in [9.17, 15) is 0 Å². The van der Waals surface area contributed by atoms with Gasteiger partial charge in [0.2, 0.25) is 0 Å². The number of hydrogen-bond donors (Lipinski definition) is 1. The van der Waals surface area contributed by atoms with E-state index in [4.69, 9.17) is 9.15 Å². The Labute approximate surface area is 119 Å². The van der Waals surface area contributed by atoms with Crippen LogP contribution in [0.5, 0.6) is 0 Å². The molecule has 0 fully saturated rings. The summed E-state index contributed by atoms with van der Waals surface area (Å²) in [5.74, 6) is 0.818. The highest BCUT2D eigenvalue weighted by Gasteiger charge is 2.11. The smallest absolute Gasteiger partial charge is 0.181 e. The second-order valence-electron chi connectivity index (χ2n) is 4.74. The zero-order valence-electron chi connectivity index (χ0n) is 12.2. The maximum absolute atomic E-state index is 5.54. The molecule has 1 aromatic carbocycles. The van der Waals surface area contributed by atoms with Crippen LogP contribution < -0.4 is 10.2 Å². The molecule has 1 N–H and O–H groups in total. The summed E-state index contributed by atoms with van der Waals surface area (Å²) in [6.45, 7) is 2.14. The number of methoxy groups -OCH3 is 1. The lowest BCUT2D eigenvalue weighted by atomic mass is 10.1. The number of aromatic nitrogens is 1. The summed E-state index contributed by atoms with van der Waals surface area (Å²) in [6.07, 6.45) is 1.49. The maximum Gasteiger partial charge on any atom is 0.181 e. The van der Waals surface area contributed by atoms with Gasteiger partial charge in [0, 0.05) is 45.5 Å². The minimum atomic E-state index is 0.668. The number of ether oxygens (including phenoxy) is 1. The lowest BCUT2D eigenvalue weighted by Crippen LogP contribution is -2.19. The first kappa shape index (κ1) is 14.6. The first-order chi connectivity index (χ1) is 9.72. The highest BCUT2D eigenvalue weighted by Crippen LogP contribution is 2.26. The zero-order chi connectivity index (χ0) is 14.4. The fraction of sp³-hybridized carbons (Fsp3) is 0.400. The number of benzene rings is 1. The van der Waals surface area contributed by atoms with Crippen molar-refractivity contribution in [3.63, 3.8) is 0 Å². The Balaban J connectivity index is 2.12. The Hall–Kier alpha value is -1.85. The van der Waals surface area contributed by atoms with E-state index in [0.717, 1.165) is 29.2 Å². The van der Waals surface area contributed by atoms with Crippen LogP contribution in [0.4, 0.5) is 5.69 Å². The molecule has 0 aliphatic carbocycles. The Morgan fingerprint density at radius 2 is 2.20 bits per heavy atom. The van der Waals surface area contributed by atoms with E-state index in [0.29, 0.717) is 13.2 Å². The lowest BCUT2D eigenvalue weighted by molar-refractivity contribution is 0.199. The maximum atomic E-state index is 5.54. The van der Waals surface area contributed by atoms with Gasteiger partial charge in [0.25, 0.3) is 0 Å². The van der Waals surface area contributed by atoms with Gasteiger partial charge in [-0.2, -0.15) is 0 Å². The van der Waals surface area contributed by atoms with E-state index >= 15 is 0 Å². The molecule has 2 rings (SSSR count). The third-order valence-electron chi connectivity index (χ3n) is 3.04. The average Bonchev–Trinajstić information content (AvgIpc) is 2.92. The molecule has 0 amide bonds. The van der Waals surface area contributed by atoms with Gasteiger partial charge in [0.15, 0.2) is 12.2 Å². The number of rotatable bonds is 7. The highest BCUT2D eigenvalue weighted by molar-refractivity contribution is 5.65. The molecular weight excluding hydrogens is 254 g/mol. The van der Waals surface area contributed by atoms with Gasteiger partial charge in [-0.05, 0) is 12.1 Å². The average molecular weight is 275 g/mol. The Morgan fingerprint density at radius 3 is 2.95 bits per heavy atom. The van der Waals surface area contributed by atoms with Gasteiger partial charge in [0.05, 0.1) is 6.61 Å². The Bertz CT molecular complexity index is 537. The predicted molar refractivity (Wildman–Crippen MR) is 79.8 cm³/mol. The van der Waals surface area contributed by atoms with Gasteiger partial charge in [-0.1, -0.05) is 12.1 Å². The van der Waals surface area contributed by atoms with Gasteiger partial charge in [0.1, 0.15) is 5.69 Å². The van der Waals surface area contributed by atoms with Crippen LogP contribution in [0.15, 0.2) is 35.1 Å². The minimum Gasteiger partial charge on any atom is -0.443 e. The highest BCUT2D eigenvalue weighted by atomic mass is 16.5. The van der Waals surface area contributed by atoms with Crippen molar-refractivity contribution in [3.8, 4) is 11.3 Å². The lowest BCUT2D eigenvalue weighted by Gasteiger charge is -2.13. The molecule has 108 valence electrons. The molecule has 0 radical (unpaired) electrons. The summed E-state index contributed by atoms with van der Waals surface area (Å²) >= 11 is 0. The van der Waals surface area contributed by atoms with Crippen molar-refractivity contribution in [3.05, 3.63) is 36.4 Å². The minimum absolute atomic E-state index is 0.668. The number of hydrogen-bond acceptors (Lipinski definition) is 5. The van der Waals surface area contributed by atoms with Crippen LogP contribution in [-0.4, -0.2) is 39.3 Å². The monoisotopic (exact) mass is 275 g/mol. The molecule has 0 atom stereocenters. The summed E-state index contributed by atoms with van der Waals surface area (Å²) in [5.41, 5.74) is 3.09. The number of anilines is 1. The summed E-state index contributed by atoms with van der Waals surface area (Å²) in [7, 11) is 5.73. The van der Waals surface area contributed by atoms with Crippen molar-refractivity contribution in [2.24, 2.45) is 0 Å². The predicted octanol–water partition coefficient (Wildman–Crippen LogP) is 2.14. The van der Waals surface area contributed by atoms with Crippen molar-refractivity contribution in [2.45, 2.75) is 6.54 Å². The Morgan fingerprint density at radius 1 is 1.35 bits per heavy atom. The van der Waals surface area contributed by atoms with E-state index in [2.05, 4.69) is 27.3 Å². The van der Waals surface area contributed by atoms with E-state index in [1.807, 2.05) is 26.2 Å². The van der Waals surface area contributed by atoms with E-state index in [-0.39, 0.29) is 0 Å². The largest absolute Gasteiger partial charge is 0.443 e. The fourth-order valence-corrected chi connectivity index (χ4v) is 1.94. The standard InChI is InChI=1S/C15H21N3O2/c1-18(2)13-6-4-5-12(9-13)15-14(17-11-20-15)10-16-7-8-19-3/h4-6,9,11,16H,7-8,10H2,1-3H3. The third-order valence-corrected chi connectivity index (χ3v) is 3.04. The van der Waals surface area contributed by atoms with Crippen LogP contribution in [0.3, 0.4) is 0 Å². The molecule has 0 saturated heterocycles. The van der Waals surface area contributed by atoms with Crippen molar-refractivity contribution >= 4 is 5.69 Å². The van der Waals surface area contributed by atoms with Gasteiger partial charge in [-0.25, -0.2) is 4.98 Å². The molecule has 0 aliphatic heterocycles. The first-order valence-electron chi connectivity index (χ1n) is 6.62. The topological polar surface area (TPSA) is 50.5 Å². The van der Waals surface area contributed by atoms with Crippen LogP contribution in [-0.2, 0) is 11.3 Å². The summed E-state index contributed by atoms with van der Waals surface area (Å²) in [4.78, 5) is 6.35. The fourth-order valence-electron chi connectivity index (χ4n) is 1.94. The van der Waals surface area contributed by atoms with Gasteiger partial charge in [-0.15, -0.1) is 0 Å². The van der Waals surface area contributed by atoms with Crippen LogP contribution in [0.1, 0.15) is 5.69 Å². The molecule has 0 spiro atoms. The molecule has 0 unspecified atom stereocenters. The van der Waals surface area contributed by atoms with Crippen molar-refractivity contribution in [1.29, 1.82) is 0 Å². The van der Waals surface area contributed by atoms with E-state index in [1.54, 1.807) is 7.11 Å². The second-order valence-corrected chi connectivity index (χ2v) is 4.74. The molecular formula is C15H21N3O2. The SMILES string of the molecule is COCCNCc1ncoc1-c1cccc(N(C)C)c1. The first-order valence-corrected chi connectivity index (χ1v) is 6.62. The van der Waals surface area contributed by atoms with Crippen LogP contribution in [0.25, 0.3) is 11.3 Å². The van der Waals surface area contributed by atoms with Crippen LogP contribution in [0.2, 0.25) is 0 Å². The number of oxazole rings is 1. The second kappa shape index (κ2) is 7.07. The third kappa shape index (κ3) is 3.59. The van der Waals surface area contributed by atoms with Gasteiger partial charge < -0.3 is 19.4 Å². The van der Waals surface area contributed by atoms with Crippen molar-refractivity contribution in [1.82, 2.24) is 10.3 Å². The van der Waals surface area contributed by atoms with E-state index in [1.165, 1.54) is 6.39 Å². The number of nitrogens with one attached hydrogen (secondary N) is 1. The molecule has 0 bridgehead atoms. The molecule has 1 aromatic heterocycles. The van der Waals surface area contributed by atoms with Crippen LogP contribution in [0, 0.1) is 0 Å². The molecule has 5 nitrogen and oxygen atoms in total. The molecule has 1 heterocycles. The van der Waals surface area contributed by atoms with Gasteiger partial charge >= 0.3 is 0 Å². The van der Waals surface area contributed by atoms with Crippen molar-refractivity contribution in [2.75, 3.05) is 39.3 Å². The molecule has 0 aliphatic rings. The zero-order valence-corrected chi connectivity index (χ0v) is 12.2. The molecule has 0 saturated carbocycles. The number of nitrogens with zero attached hydrogens (tertiary/aromatic N) is 2. The molecule has 5 heteroatoms. The summed E-state index contributed by atoms with van der Waals surface area (Å²) in [6, 6.07) is 8.22.